The van der Waals surface area contributed by atoms with Gasteiger partial charge in [0.25, 0.3) is 10.1 Å². The Morgan fingerprint density at radius 3 is 1.93 bits per heavy atom. The maximum atomic E-state index is 12.4. The van der Waals surface area contributed by atoms with Gasteiger partial charge in [0.2, 0.25) is 0 Å². The van der Waals surface area contributed by atoms with E-state index in [9.17, 15) is 30.4 Å². The van der Waals surface area contributed by atoms with Crippen molar-refractivity contribution in [2.75, 3.05) is 11.6 Å². The zero-order valence-corrected chi connectivity index (χ0v) is 14.3. The molecular formula is C16H13F5N2O3S. The van der Waals surface area contributed by atoms with Crippen LogP contribution in [0.4, 0.5) is 27.6 Å². The Morgan fingerprint density at radius 2 is 1.56 bits per heavy atom. The van der Waals surface area contributed by atoms with Crippen LogP contribution in [0.3, 0.4) is 0 Å². The van der Waals surface area contributed by atoms with E-state index in [4.69, 9.17) is 4.55 Å². The van der Waals surface area contributed by atoms with Crippen molar-refractivity contribution in [2.24, 2.45) is 5.10 Å². The summed E-state index contributed by atoms with van der Waals surface area (Å²) in [6.07, 6.45) is -4.67. The first kappa shape index (κ1) is 20.8. The molecule has 2 aromatic carbocycles. The summed E-state index contributed by atoms with van der Waals surface area (Å²) in [6.45, 7) is 0.0695. The molecular weight excluding hydrogens is 395 g/mol. The van der Waals surface area contributed by atoms with Gasteiger partial charge in [-0.25, -0.2) is 8.78 Å². The number of alkyl halides is 3. The van der Waals surface area contributed by atoms with Crippen LogP contribution < -0.4 is 5.01 Å². The second-order valence-corrected chi connectivity index (χ2v) is 6.75. The lowest BCUT2D eigenvalue weighted by atomic mass is 10.2. The minimum absolute atomic E-state index is 0.0695. The number of benzene rings is 2. The summed E-state index contributed by atoms with van der Waals surface area (Å²) in [5, 5.41) is 4.57. The first-order chi connectivity index (χ1) is 12.5. The van der Waals surface area contributed by atoms with Gasteiger partial charge >= 0.3 is 6.18 Å². The van der Waals surface area contributed by atoms with E-state index >= 15 is 0 Å². The minimum Gasteiger partial charge on any atom is -0.282 e. The largest absolute Gasteiger partial charge is 0.431 e. The summed E-state index contributed by atoms with van der Waals surface area (Å²) in [5.74, 6) is -1.07. The van der Waals surface area contributed by atoms with E-state index in [1.54, 1.807) is 0 Å². The molecule has 5 nitrogen and oxygen atoms in total. The fourth-order valence-corrected chi connectivity index (χ4v) is 2.57. The van der Waals surface area contributed by atoms with E-state index in [-0.39, 0.29) is 17.9 Å². The molecule has 1 aliphatic heterocycles. The molecule has 0 aromatic heterocycles. The second kappa shape index (κ2) is 8.01. The smallest absolute Gasteiger partial charge is 0.282 e. The molecule has 1 heterocycles. The highest BCUT2D eigenvalue weighted by molar-refractivity contribution is 7.85. The summed E-state index contributed by atoms with van der Waals surface area (Å²) >= 11 is 0. The lowest BCUT2D eigenvalue weighted by Gasteiger charge is -2.13. The van der Waals surface area contributed by atoms with E-state index < -0.39 is 33.6 Å². The zero-order chi connectivity index (χ0) is 20.2. The average Bonchev–Trinajstić information content (AvgIpc) is 3.05. The van der Waals surface area contributed by atoms with Gasteiger partial charge in [0.05, 0.1) is 10.6 Å². The number of halogens is 5. The van der Waals surface area contributed by atoms with Crippen molar-refractivity contribution in [3.63, 3.8) is 0 Å². The number of hydrogen-bond donors (Lipinski definition) is 1. The summed E-state index contributed by atoms with van der Waals surface area (Å²) in [5.41, 5.74) is -0.544. The van der Waals surface area contributed by atoms with E-state index in [1.165, 1.54) is 30.3 Å². The van der Waals surface area contributed by atoms with Crippen LogP contribution in [0, 0.1) is 11.6 Å². The topological polar surface area (TPSA) is 70.0 Å². The lowest BCUT2D eigenvalue weighted by molar-refractivity contribution is -0.0598. The second-order valence-electron chi connectivity index (χ2n) is 5.33. The van der Waals surface area contributed by atoms with Crippen molar-refractivity contribution in [3.05, 3.63) is 60.2 Å². The third kappa shape index (κ3) is 6.00. The maximum absolute atomic E-state index is 12.4. The van der Waals surface area contributed by atoms with E-state index in [0.717, 1.165) is 23.2 Å². The molecule has 0 saturated carbocycles. The van der Waals surface area contributed by atoms with Crippen molar-refractivity contribution < 1.29 is 34.9 Å². The predicted molar refractivity (Wildman–Crippen MR) is 88.1 cm³/mol. The Kier molecular flexibility index (Phi) is 6.16. The Hall–Kier alpha value is -2.53. The van der Waals surface area contributed by atoms with Gasteiger partial charge in [0, 0.05) is 19.0 Å². The van der Waals surface area contributed by atoms with Gasteiger partial charge in [-0.2, -0.15) is 26.7 Å². The molecule has 0 spiro atoms. The van der Waals surface area contributed by atoms with Gasteiger partial charge in [-0.05, 0) is 36.4 Å². The van der Waals surface area contributed by atoms with Crippen molar-refractivity contribution in [3.8, 4) is 0 Å². The molecule has 0 amide bonds. The molecule has 146 valence electrons. The van der Waals surface area contributed by atoms with E-state index in [2.05, 4.69) is 5.10 Å². The zero-order valence-electron chi connectivity index (χ0n) is 13.5. The summed E-state index contributed by atoms with van der Waals surface area (Å²) < 4.78 is 91.5. The van der Waals surface area contributed by atoms with Crippen LogP contribution in [-0.2, 0) is 10.1 Å². The molecule has 0 fully saturated rings. The van der Waals surface area contributed by atoms with Crippen molar-refractivity contribution in [1.82, 2.24) is 0 Å². The van der Waals surface area contributed by atoms with Crippen LogP contribution in [-0.4, -0.2) is 31.4 Å². The molecule has 27 heavy (non-hydrogen) atoms. The Labute approximate surface area is 151 Å². The highest BCUT2D eigenvalue weighted by Gasteiger charge is 2.39. The molecule has 1 N–H and O–H groups in total. The fourth-order valence-electron chi connectivity index (χ4n) is 2.09. The highest BCUT2D eigenvalue weighted by Crippen LogP contribution is 2.27. The van der Waals surface area contributed by atoms with Gasteiger partial charge in [0.15, 0.2) is 0 Å². The molecule has 11 heteroatoms. The third-order valence-corrected chi connectivity index (χ3v) is 4.22. The Bertz CT molecular complexity index is 911. The van der Waals surface area contributed by atoms with Crippen LogP contribution in [0.1, 0.15) is 6.42 Å². The SMILES string of the molecule is Fc1cccc(F)c1.O=S(=O)(O)c1ccc(N2CCC(C(F)(F)F)=N2)cc1. The van der Waals surface area contributed by atoms with E-state index in [1.807, 2.05) is 0 Å². The normalized spacial score (nSPS) is 14.4. The van der Waals surface area contributed by atoms with Crippen LogP contribution in [0.15, 0.2) is 58.5 Å². The summed E-state index contributed by atoms with van der Waals surface area (Å²) in [6, 6.07) is 9.33. The number of rotatable bonds is 2. The Balaban J connectivity index is 0.000000273. The van der Waals surface area contributed by atoms with Gasteiger partial charge < -0.3 is 0 Å². The lowest BCUT2D eigenvalue weighted by Crippen LogP contribution is -2.20. The first-order valence-electron chi connectivity index (χ1n) is 7.37. The third-order valence-electron chi connectivity index (χ3n) is 3.35. The number of hydrazone groups is 1. The van der Waals surface area contributed by atoms with Crippen LogP contribution >= 0.6 is 0 Å². The number of nitrogens with zero attached hydrogens (tertiary/aromatic N) is 2. The molecule has 3 rings (SSSR count). The summed E-state index contributed by atoms with van der Waals surface area (Å²) in [4.78, 5) is -0.324. The standard InChI is InChI=1S/C10H9F3N2O3S.C6H4F2/c11-10(12,13)9-5-6-15(14-9)7-1-3-8(4-2-7)19(16,17)18;7-5-2-1-3-6(8)4-5/h1-4H,5-6H2,(H,16,17,18);1-4H. The molecule has 0 unspecified atom stereocenters. The van der Waals surface area contributed by atoms with Gasteiger partial charge in [0.1, 0.15) is 17.3 Å². The van der Waals surface area contributed by atoms with Crippen LogP contribution in [0.25, 0.3) is 0 Å². The molecule has 0 atom stereocenters. The number of hydrogen-bond acceptors (Lipinski definition) is 4. The van der Waals surface area contributed by atoms with Crippen molar-refractivity contribution in [1.29, 1.82) is 0 Å². The maximum Gasteiger partial charge on any atom is 0.431 e. The predicted octanol–water partition coefficient (Wildman–Crippen LogP) is 4.03. The first-order valence-corrected chi connectivity index (χ1v) is 8.81. The van der Waals surface area contributed by atoms with Crippen LogP contribution in [0.2, 0.25) is 0 Å². The molecule has 0 bridgehead atoms. The Morgan fingerprint density at radius 1 is 1.00 bits per heavy atom. The molecule has 2 aromatic rings. The van der Waals surface area contributed by atoms with Crippen molar-refractivity contribution >= 4 is 21.5 Å². The molecule has 0 aliphatic carbocycles. The average molecular weight is 408 g/mol. The number of anilines is 1. The summed E-state index contributed by atoms with van der Waals surface area (Å²) in [7, 11) is -4.31. The monoisotopic (exact) mass is 408 g/mol. The molecule has 1 aliphatic rings. The van der Waals surface area contributed by atoms with E-state index in [0.29, 0.717) is 5.69 Å². The molecule has 0 saturated heterocycles. The molecule has 0 radical (unpaired) electrons. The van der Waals surface area contributed by atoms with Gasteiger partial charge in [-0.15, -0.1) is 0 Å². The highest BCUT2D eigenvalue weighted by atomic mass is 32.2. The van der Waals surface area contributed by atoms with Gasteiger partial charge in [-0.3, -0.25) is 9.56 Å². The van der Waals surface area contributed by atoms with Crippen LogP contribution in [0.5, 0.6) is 0 Å². The quantitative estimate of drug-likeness (QED) is 0.602. The minimum atomic E-state index is -4.46. The van der Waals surface area contributed by atoms with Gasteiger partial charge in [-0.1, -0.05) is 6.07 Å². The fraction of sp³-hybridized carbons (Fsp3) is 0.188. The van der Waals surface area contributed by atoms with Crippen molar-refractivity contribution in [2.45, 2.75) is 17.5 Å².